The number of hydrazone groups is 2. The molecule has 25 heavy (non-hydrogen) atoms. The topological polar surface area (TPSA) is 109 Å². The van der Waals surface area contributed by atoms with E-state index in [2.05, 4.69) is 21.1 Å². The summed E-state index contributed by atoms with van der Waals surface area (Å²) in [6.07, 6.45) is 8.78. The molecule has 2 amide bonds. The first-order chi connectivity index (χ1) is 12.2. The van der Waals surface area contributed by atoms with Crippen LogP contribution in [0.1, 0.15) is 43.6 Å². The fraction of sp³-hybridized carbons (Fsp3) is 0.294. The number of nitrogens with zero attached hydrogens (tertiary/aromatic N) is 2. The van der Waals surface area contributed by atoms with E-state index in [1.54, 1.807) is 24.3 Å². The van der Waals surface area contributed by atoms with Crippen LogP contribution in [0.4, 0.5) is 0 Å². The summed E-state index contributed by atoms with van der Waals surface area (Å²) in [5, 5.41) is 7.58. The van der Waals surface area contributed by atoms with Gasteiger partial charge in [-0.2, -0.15) is 10.2 Å². The minimum absolute atomic E-state index is 0.171. The highest BCUT2D eigenvalue weighted by atomic mass is 16.3. The first-order valence-corrected chi connectivity index (χ1v) is 7.95. The van der Waals surface area contributed by atoms with Gasteiger partial charge >= 0.3 is 0 Å². The van der Waals surface area contributed by atoms with Crippen molar-refractivity contribution in [1.82, 2.24) is 10.9 Å². The molecule has 8 heteroatoms. The number of carbonyl (C=O) groups is 2. The van der Waals surface area contributed by atoms with Gasteiger partial charge in [0.25, 0.3) is 0 Å². The van der Waals surface area contributed by atoms with Crippen LogP contribution in [0.15, 0.2) is 55.8 Å². The van der Waals surface area contributed by atoms with Gasteiger partial charge in [-0.1, -0.05) is 6.42 Å². The van der Waals surface area contributed by atoms with Crippen LogP contribution < -0.4 is 10.9 Å². The summed E-state index contributed by atoms with van der Waals surface area (Å²) in [6.45, 7) is 0. The maximum Gasteiger partial charge on any atom is 0.240 e. The molecule has 0 saturated heterocycles. The van der Waals surface area contributed by atoms with Gasteiger partial charge in [0.05, 0.1) is 25.0 Å². The molecule has 0 spiro atoms. The van der Waals surface area contributed by atoms with Crippen molar-refractivity contribution in [2.45, 2.75) is 32.1 Å². The third-order valence-electron chi connectivity index (χ3n) is 3.16. The van der Waals surface area contributed by atoms with Crippen LogP contribution in [-0.4, -0.2) is 24.2 Å². The van der Waals surface area contributed by atoms with Crippen molar-refractivity contribution in [1.29, 1.82) is 0 Å². The Bertz CT molecular complexity index is 630. The Morgan fingerprint density at radius 1 is 0.840 bits per heavy atom. The van der Waals surface area contributed by atoms with E-state index in [1.807, 2.05) is 0 Å². The van der Waals surface area contributed by atoms with Crippen molar-refractivity contribution in [2.24, 2.45) is 10.2 Å². The van der Waals surface area contributed by atoms with Gasteiger partial charge in [-0.05, 0) is 37.1 Å². The van der Waals surface area contributed by atoms with Gasteiger partial charge < -0.3 is 8.83 Å². The highest BCUT2D eigenvalue weighted by molar-refractivity contribution is 5.80. The van der Waals surface area contributed by atoms with Crippen molar-refractivity contribution in [3.8, 4) is 0 Å². The number of hydrogen-bond acceptors (Lipinski definition) is 6. The molecule has 0 unspecified atom stereocenters. The van der Waals surface area contributed by atoms with E-state index in [1.165, 1.54) is 25.0 Å². The van der Waals surface area contributed by atoms with Crippen LogP contribution >= 0.6 is 0 Å². The third kappa shape index (κ3) is 7.78. The summed E-state index contributed by atoms with van der Waals surface area (Å²) in [5.41, 5.74) is 4.85. The standard InChI is InChI=1S/C17H20N4O4/c22-16(20-18-12-14-6-4-10-24-14)8-2-1-3-9-17(23)21-19-13-15-7-5-11-25-15/h4-7,10-13H,1-3,8-9H2,(H,20,22)(H,21,23). The molecule has 8 nitrogen and oxygen atoms in total. The Morgan fingerprint density at radius 2 is 1.32 bits per heavy atom. The van der Waals surface area contributed by atoms with Crippen molar-refractivity contribution < 1.29 is 18.4 Å². The molecular formula is C17H20N4O4. The van der Waals surface area contributed by atoms with Gasteiger partial charge in [0.1, 0.15) is 11.5 Å². The van der Waals surface area contributed by atoms with E-state index in [0.29, 0.717) is 37.2 Å². The zero-order chi connectivity index (χ0) is 17.7. The molecule has 0 radical (unpaired) electrons. The molecule has 0 atom stereocenters. The lowest BCUT2D eigenvalue weighted by molar-refractivity contribution is -0.121. The largest absolute Gasteiger partial charge is 0.463 e. The van der Waals surface area contributed by atoms with Crippen LogP contribution in [0.3, 0.4) is 0 Å². The van der Waals surface area contributed by atoms with Gasteiger partial charge in [-0.25, -0.2) is 10.9 Å². The quantitative estimate of drug-likeness (QED) is 0.392. The van der Waals surface area contributed by atoms with Crippen molar-refractivity contribution in [3.05, 3.63) is 48.3 Å². The molecule has 0 aromatic carbocycles. The molecule has 0 bridgehead atoms. The molecule has 2 rings (SSSR count). The van der Waals surface area contributed by atoms with Gasteiger partial charge in [0.15, 0.2) is 0 Å². The number of rotatable bonds is 10. The zero-order valence-corrected chi connectivity index (χ0v) is 13.7. The van der Waals surface area contributed by atoms with E-state index >= 15 is 0 Å². The second-order valence-corrected chi connectivity index (χ2v) is 5.18. The zero-order valence-electron chi connectivity index (χ0n) is 13.7. The number of unbranched alkanes of at least 4 members (excludes halogenated alkanes) is 2. The second-order valence-electron chi connectivity index (χ2n) is 5.18. The third-order valence-corrected chi connectivity index (χ3v) is 3.16. The summed E-state index contributed by atoms with van der Waals surface area (Å²) in [7, 11) is 0. The van der Waals surface area contributed by atoms with Crippen LogP contribution in [0.2, 0.25) is 0 Å². The first-order valence-electron chi connectivity index (χ1n) is 7.95. The summed E-state index contributed by atoms with van der Waals surface area (Å²) in [4.78, 5) is 23.1. The molecule has 2 heterocycles. The molecule has 0 aliphatic heterocycles. The Balaban J connectivity index is 1.48. The molecule has 0 fully saturated rings. The van der Waals surface area contributed by atoms with Crippen LogP contribution in [0.25, 0.3) is 0 Å². The van der Waals surface area contributed by atoms with Crippen molar-refractivity contribution in [3.63, 3.8) is 0 Å². The lowest BCUT2D eigenvalue weighted by atomic mass is 10.1. The highest BCUT2D eigenvalue weighted by Gasteiger charge is 2.02. The van der Waals surface area contributed by atoms with Crippen LogP contribution in [0.5, 0.6) is 0 Å². The maximum absolute atomic E-state index is 11.6. The minimum atomic E-state index is -0.171. The van der Waals surface area contributed by atoms with E-state index in [9.17, 15) is 9.59 Å². The van der Waals surface area contributed by atoms with E-state index in [4.69, 9.17) is 8.83 Å². The number of furan rings is 2. The number of hydrogen-bond donors (Lipinski definition) is 2. The Kier molecular flexibility index (Phi) is 7.70. The minimum Gasteiger partial charge on any atom is -0.463 e. The molecule has 0 aliphatic carbocycles. The summed E-state index contributed by atoms with van der Waals surface area (Å²) < 4.78 is 10.1. The van der Waals surface area contributed by atoms with E-state index in [-0.39, 0.29) is 11.8 Å². The number of carbonyl (C=O) groups excluding carboxylic acids is 2. The van der Waals surface area contributed by atoms with Gasteiger partial charge in [-0.15, -0.1) is 0 Å². The molecule has 2 N–H and O–H groups in total. The Morgan fingerprint density at radius 3 is 1.72 bits per heavy atom. The summed E-state index contributed by atoms with van der Waals surface area (Å²) in [6, 6.07) is 6.95. The van der Waals surface area contributed by atoms with Crippen molar-refractivity contribution >= 4 is 24.2 Å². The second kappa shape index (κ2) is 10.6. The van der Waals surface area contributed by atoms with Gasteiger partial charge in [-0.3, -0.25) is 9.59 Å². The SMILES string of the molecule is O=C(CCCCCC(=O)NN=Cc1ccco1)NN=Cc1ccco1. The average Bonchev–Trinajstić information content (AvgIpc) is 3.28. The molecule has 2 aromatic heterocycles. The van der Waals surface area contributed by atoms with Gasteiger partial charge in [0, 0.05) is 12.8 Å². The van der Waals surface area contributed by atoms with Crippen LogP contribution in [-0.2, 0) is 9.59 Å². The summed E-state index contributed by atoms with van der Waals surface area (Å²) >= 11 is 0. The molecular weight excluding hydrogens is 324 g/mol. The number of amides is 2. The maximum atomic E-state index is 11.6. The lowest BCUT2D eigenvalue weighted by Gasteiger charge is -2.01. The highest BCUT2D eigenvalue weighted by Crippen LogP contribution is 2.03. The Labute approximate surface area is 145 Å². The summed E-state index contributed by atoms with van der Waals surface area (Å²) in [5.74, 6) is 0.799. The van der Waals surface area contributed by atoms with Crippen molar-refractivity contribution in [2.75, 3.05) is 0 Å². The molecule has 0 saturated carbocycles. The number of nitrogens with one attached hydrogen (secondary N) is 2. The smallest absolute Gasteiger partial charge is 0.240 e. The molecule has 132 valence electrons. The average molecular weight is 344 g/mol. The van der Waals surface area contributed by atoms with E-state index in [0.717, 1.165) is 6.42 Å². The Hall–Kier alpha value is -3.16. The molecule has 0 aliphatic rings. The monoisotopic (exact) mass is 344 g/mol. The predicted molar refractivity (Wildman–Crippen MR) is 92.0 cm³/mol. The lowest BCUT2D eigenvalue weighted by Crippen LogP contribution is -2.18. The van der Waals surface area contributed by atoms with E-state index < -0.39 is 0 Å². The molecule has 2 aromatic rings. The van der Waals surface area contributed by atoms with Crippen LogP contribution in [0, 0.1) is 0 Å². The fourth-order valence-electron chi connectivity index (χ4n) is 1.92. The normalized spacial score (nSPS) is 11.2. The van der Waals surface area contributed by atoms with Gasteiger partial charge in [0.2, 0.25) is 11.8 Å². The fourth-order valence-corrected chi connectivity index (χ4v) is 1.92. The predicted octanol–water partition coefficient (Wildman–Crippen LogP) is 2.42. The first kappa shape index (κ1) is 18.2.